The van der Waals surface area contributed by atoms with Gasteiger partial charge in [-0.2, -0.15) is 0 Å². The Labute approximate surface area is 266 Å². The summed E-state index contributed by atoms with van der Waals surface area (Å²) >= 11 is 3.64. The van der Waals surface area contributed by atoms with Gasteiger partial charge in [-0.05, 0) is 42.5 Å². The van der Waals surface area contributed by atoms with Crippen LogP contribution in [-0.2, 0) is 0 Å². The first-order valence-corrected chi connectivity index (χ1v) is 16.6. The van der Waals surface area contributed by atoms with Gasteiger partial charge >= 0.3 is 0 Å². The third kappa shape index (κ3) is 3.69. The number of rotatable bonds is 3. The summed E-state index contributed by atoms with van der Waals surface area (Å²) in [5, 5.41) is 6.42. The molecule has 0 aliphatic rings. The predicted molar refractivity (Wildman–Crippen MR) is 193 cm³/mol. The standard InChI is InChI=1S/C40H23N3S2/c1-2-11-24(12-3-1)40-41-37(39-38(42-40)29-17-6-9-20-33(29)45-39)25-13-10-14-26(23-25)43-30-18-7-4-15-27(30)35-31(43)21-22-34-36(35)28-16-5-8-19-32(28)44-34/h1-23H. The molecule has 0 saturated carbocycles. The first-order valence-electron chi connectivity index (χ1n) is 15.0. The van der Waals surface area contributed by atoms with Crippen molar-refractivity contribution in [3.05, 3.63) is 140 Å². The van der Waals surface area contributed by atoms with Crippen LogP contribution in [0.25, 0.3) is 90.6 Å². The van der Waals surface area contributed by atoms with Gasteiger partial charge in [0.15, 0.2) is 5.82 Å². The summed E-state index contributed by atoms with van der Waals surface area (Å²) in [6.07, 6.45) is 0. The average Bonchev–Trinajstić information content (AvgIpc) is 3.77. The highest BCUT2D eigenvalue weighted by Gasteiger charge is 2.20. The molecule has 4 heterocycles. The first kappa shape index (κ1) is 25.0. The minimum Gasteiger partial charge on any atom is -0.309 e. The van der Waals surface area contributed by atoms with Crippen LogP contribution in [0.5, 0.6) is 0 Å². The monoisotopic (exact) mass is 609 g/mol. The zero-order valence-corrected chi connectivity index (χ0v) is 25.6. The van der Waals surface area contributed by atoms with Crippen molar-refractivity contribution < 1.29 is 0 Å². The van der Waals surface area contributed by atoms with Crippen LogP contribution in [0, 0.1) is 0 Å². The second-order valence-electron chi connectivity index (χ2n) is 11.4. The maximum absolute atomic E-state index is 5.24. The van der Waals surface area contributed by atoms with Crippen LogP contribution in [0.4, 0.5) is 0 Å². The number of benzene rings is 6. The molecule has 0 aliphatic carbocycles. The summed E-state index contributed by atoms with van der Waals surface area (Å²) < 4.78 is 7.40. The fraction of sp³-hybridized carbons (Fsp3) is 0. The molecule has 0 radical (unpaired) electrons. The molecule has 0 spiro atoms. The number of fused-ring (bicyclic) bond motifs is 10. The van der Waals surface area contributed by atoms with E-state index in [1.807, 2.05) is 29.5 Å². The van der Waals surface area contributed by atoms with Gasteiger partial charge in [-0.1, -0.05) is 97.1 Å². The molecule has 10 aromatic rings. The minimum atomic E-state index is 0.746. The lowest BCUT2D eigenvalue weighted by Gasteiger charge is -2.11. The van der Waals surface area contributed by atoms with Crippen LogP contribution < -0.4 is 0 Å². The Morgan fingerprint density at radius 2 is 1.18 bits per heavy atom. The topological polar surface area (TPSA) is 30.7 Å². The van der Waals surface area contributed by atoms with Crippen molar-refractivity contribution in [1.29, 1.82) is 0 Å². The van der Waals surface area contributed by atoms with Gasteiger partial charge in [-0.15, -0.1) is 22.7 Å². The molecule has 45 heavy (non-hydrogen) atoms. The number of para-hydroxylation sites is 1. The number of thiophene rings is 2. The van der Waals surface area contributed by atoms with Gasteiger partial charge < -0.3 is 4.57 Å². The molecule has 0 bridgehead atoms. The molecule has 3 nitrogen and oxygen atoms in total. The van der Waals surface area contributed by atoms with Gasteiger partial charge in [-0.25, -0.2) is 9.97 Å². The molecular weight excluding hydrogens is 587 g/mol. The largest absolute Gasteiger partial charge is 0.309 e. The Bertz CT molecular complexity index is 2770. The Balaban J connectivity index is 1.26. The summed E-state index contributed by atoms with van der Waals surface area (Å²) in [7, 11) is 0. The lowest BCUT2D eigenvalue weighted by molar-refractivity contribution is 1.18. The SMILES string of the molecule is c1ccc(-c2nc(-c3cccc(-n4c5ccccc5c5c6c(ccc54)sc4ccccc46)c3)c3sc4ccccc4c3n2)cc1. The Kier molecular flexibility index (Phi) is 5.32. The summed E-state index contributed by atoms with van der Waals surface area (Å²) in [5.41, 5.74) is 7.60. The number of nitrogens with zero attached hydrogens (tertiary/aromatic N) is 3. The van der Waals surface area contributed by atoms with Gasteiger partial charge in [0, 0.05) is 57.8 Å². The lowest BCUT2D eigenvalue weighted by Crippen LogP contribution is -1.96. The zero-order valence-electron chi connectivity index (χ0n) is 23.9. The molecule has 10 rings (SSSR count). The van der Waals surface area contributed by atoms with E-state index in [-0.39, 0.29) is 0 Å². The van der Waals surface area contributed by atoms with Crippen LogP contribution >= 0.6 is 22.7 Å². The summed E-state index contributed by atoms with van der Waals surface area (Å²) in [6, 6.07) is 49.8. The summed E-state index contributed by atoms with van der Waals surface area (Å²) in [5.74, 6) is 0.746. The van der Waals surface area contributed by atoms with Crippen LogP contribution in [0.1, 0.15) is 0 Å². The second-order valence-corrected chi connectivity index (χ2v) is 13.5. The van der Waals surface area contributed by atoms with E-state index >= 15 is 0 Å². The van der Waals surface area contributed by atoms with E-state index in [2.05, 4.69) is 126 Å². The van der Waals surface area contributed by atoms with Crippen molar-refractivity contribution in [3.63, 3.8) is 0 Å². The van der Waals surface area contributed by atoms with Crippen molar-refractivity contribution in [2.45, 2.75) is 0 Å². The normalized spacial score (nSPS) is 12.0. The molecule has 6 aromatic carbocycles. The Hall–Kier alpha value is -5.36. The van der Waals surface area contributed by atoms with Crippen molar-refractivity contribution in [1.82, 2.24) is 14.5 Å². The molecule has 0 saturated heterocycles. The highest BCUT2D eigenvalue weighted by molar-refractivity contribution is 7.26. The molecule has 0 atom stereocenters. The van der Waals surface area contributed by atoms with Crippen LogP contribution in [0.15, 0.2) is 140 Å². The zero-order chi connectivity index (χ0) is 29.5. The van der Waals surface area contributed by atoms with E-state index in [9.17, 15) is 0 Å². The molecule has 0 amide bonds. The number of hydrogen-bond donors (Lipinski definition) is 0. The van der Waals surface area contributed by atoms with Gasteiger partial charge in [0.1, 0.15) is 0 Å². The van der Waals surface area contributed by atoms with E-state index in [4.69, 9.17) is 9.97 Å². The minimum absolute atomic E-state index is 0.746. The van der Waals surface area contributed by atoms with Crippen molar-refractivity contribution in [3.8, 4) is 28.3 Å². The average molecular weight is 610 g/mol. The van der Waals surface area contributed by atoms with Gasteiger partial charge in [-0.3, -0.25) is 0 Å². The lowest BCUT2D eigenvalue weighted by atomic mass is 10.1. The van der Waals surface area contributed by atoms with E-state index in [0.717, 1.165) is 38.5 Å². The van der Waals surface area contributed by atoms with Crippen molar-refractivity contribution in [2.75, 3.05) is 0 Å². The van der Waals surface area contributed by atoms with E-state index in [1.54, 1.807) is 11.3 Å². The molecule has 0 fully saturated rings. The number of aromatic nitrogens is 3. The fourth-order valence-corrected chi connectivity index (χ4v) is 9.12. The highest BCUT2D eigenvalue weighted by Crippen LogP contribution is 2.44. The van der Waals surface area contributed by atoms with E-state index in [0.29, 0.717) is 0 Å². The smallest absolute Gasteiger partial charge is 0.160 e. The molecule has 210 valence electrons. The molecular formula is C40H23N3S2. The Morgan fingerprint density at radius 1 is 0.467 bits per heavy atom. The highest BCUT2D eigenvalue weighted by atomic mass is 32.1. The quantitative estimate of drug-likeness (QED) is 0.199. The molecule has 4 aromatic heterocycles. The third-order valence-corrected chi connectivity index (χ3v) is 11.1. The summed E-state index contributed by atoms with van der Waals surface area (Å²) in [4.78, 5) is 10.4. The van der Waals surface area contributed by atoms with E-state index < -0.39 is 0 Å². The maximum Gasteiger partial charge on any atom is 0.160 e. The van der Waals surface area contributed by atoms with Crippen molar-refractivity contribution in [2.24, 2.45) is 0 Å². The maximum atomic E-state index is 5.24. The first-order chi connectivity index (χ1) is 22.3. The van der Waals surface area contributed by atoms with Gasteiger partial charge in [0.05, 0.1) is 26.9 Å². The predicted octanol–water partition coefficient (Wildman–Crippen LogP) is 11.6. The number of hydrogen-bond acceptors (Lipinski definition) is 4. The van der Waals surface area contributed by atoms with Crippen molar-refractivity contribution >= 4 is 85.0 Å². The van der Waals surface area contributed by atoms with Gasteiger partial charge in [0.2, 0.25) is 0 Å². The van der Waals surface area contributed by atoms with Crippen LogP contribution in [0.3, 0.4) is 0 Å². The Morgan fingerprint density at radius 3 is 2.04 bits per heavy atom. The third-order valence-electron chi connectivity index (χ3n) is 8.81. The van der Waals surface area contributed by atoms with Gasteiger partial charge in [0.25, 0.3) is 0 Å². The van der Waals surface area contributed by atoms with E-state index in [1.165, 1.54) is 52.1 Å². The molecule has 0 aliphatic heterocycles. The molecule has 5 heteroatoms. The second kappa shape index (κ2) is 9.57. The van der Waals surface area contributed by atoms with Crippen LogP contribution in [-0.4, -0.2) is 14.5 Å². The molecule has 0 N–H and O–H groups in total. The molecule has 0 unspecified atom stereocenters. The van der Waals surface area contributed by atoms with Crippen LogP contribution in [0.2, 0.25) is 0 Å². The summed E-state index contributed by atoms with van der Waals surface area (Å²) in [6.45, 7) is 0. The fourth-order valence-electron chi connectivity index (χ4n) is 6.85.